The first-order valence-corrected chi connectivity index (χ1v) is 11.9. The summed E-state index contributed by atoms with van der Waals surface area (Å²) in [6.07, 6.45) is 0.833. The number of benzene rings is 1. The lowest BCUT2D eigenvalue weighted by atomic mass is 9.75. The Morgan fingerprint density at radius 3 is 2.47 bits per heavy atom. The molecule has 2 aromatic heterocycles. The average Bonchev–Trinajstić information content (AvgIpc) is 3.11. The van der Waals surface area contributed by atoms with Crippen LogP contribution in [-0.4, -0.2) is 38.1 Å². The standard InChI is InChI=1S/C25H18F4N6O2S/c26-16-13-15(3-4-19(16)37-12-6-20-32-9-2-10-33-20)35-23(38)34(22(36)24(35)7-1-8-24)18-5-11-31-17(14-30)21(18)25(27,28)29/h2-5,9-11,13H,1,6-8,12H2. The van der Waals surface area contributed by atoms with E-state index in [0.717, 1.165) is 23.2 Å². The molecule has 13 heteroatoms. The normalized spacial score (nSPS) is 16.5. The molecule has 1 saturated carbocycles. The Hall–Kier alpha value is -4.18. The summed E-state index contributed by atoms with van der Waals surface area (Å²) in [4.78, 5) is 27.4. The van der Waals surface area contributed by atoms with Crippen molar-refractivity contribution in [1.82, 2.24) is 15.0 Å². The number of anilines is 2. The first-order valence-electron chi connectivity index (χ1n) is 11.5. The van der Waals surface area contributed by atoms with E-state index in [0.29, 0.717) is 31.5 Å². The number of thiocarbonyl (C=S) groups is 1. The number of hydrogen-bond acceptors (Lipinski definition) is 7. The Morgan fingerprint density at radius 2 is 1.87 bits per heavy atom. The van der Waals surface area contributed by atoms with E-state index >= 15 is 4.39 Å². The van der Waals surface area contributed by atoms with Crippen LogP contribution in [0, 0.1) is 17.1 Å². The molecule has 0 N–H and O–H groups in total. The summed E-state index contributed by atoms with van der Waals surface area (Å²) < 4.78 is 62.5. The highest BCUT2D eigenvalue weighted by Gasteiger charge is 2.60. The quantitative estimate of drug-likeness (QED) is 0.330. The summed E-state index contributed by atoms with van der Waals surface area (Å²) in [6.45, 7) is 0.113. The Bertz CT molecular complexity index is 1460. The van der Waals surface area contributed by atoms with E-state index in [9.17, 15) is 23.2 Å². The molecular weight excluding hydrogens is 524 g/mol. The Labute approximate surface area is 219 Å². The van der Waals surface area contributed by atoms with Gasteiger partial charge in [-0.1, -0.05) is 0 Å². The number of ether oxygens (including phenoxy) is 1. The fraction of sp³-hybridized carbons (Fsp3) is 0.280. The van der Waals surface area contributed by atoms with Crippen LogP contribution >= 0.6 is 12.2 Å². The number of carbonyl (C=O) groups is 1. The number of carbonyl (C=O) groups excluding carboxylic acids is 1. The largest absolute Gasteiger partial charge is 0.490 e. The van der Waals surface area contributed by atoms with Gasteiger partial charge in [-0.25, -0.2) is 19.3 Å². The molecule has 1 aromatic carbocycles. The summed E-state index contributed by atoms with van der Waals surface area (Å²) in [5, 5.41) is 8.99. The van der Waals surface area contributed by atoms with Gasteiger partial charge in [-0.15, -0.1) is 0 Å². The second kappa shape index (κ2) is 9.60. The molecular formula is C25H18F4N6O2S. The van der Waals surface area contributed by atoms with Crippen LogP contribution in [-0.2, 0) is 17.4 Å². The lowest BCUT2D eigenvalue weighted by Gasteiger charge is -2.43. The number of amides is 1. The Kier molecular flexibility index (Phi) is 6.44. The fourth-order valence-electron chi connectivity index (χ4n) is 4.65. The highest BCUT2D eigenvalue weighted by Crippen LogP contribution is 2.50. The number of rotatable bonds is 6. The zero-order chi connectivity index (χ0) is 27.1. The summed E-state index contributed by atoms with van der Waals surface area (Å²) >= 11 is 5.51. The predicted molar refractivity (Wildman–Crippen MR) is 131 cm³/mol. The number of aromatic nitrogens is 3. The zero-order valence-corrected chi connectivity index (χ0v) is 20.4. The predicted octanol–water partition coefficient (Wildman–Crippen LogP) is 4.58. The van der Waals surface area contributed by atoms with E-state index < -0.39 is 40.4 Å². The molecule has 0 atom stereocenters. The molecule has 3 heterocycles. The van der Waals surface area contributed by atoms with Gasteiger partial charge < -0.3 is 9.64 Å². The number of nitriles is 1. The van der Waals surface area contributed by atoms with Gasteiger partial charge in [0.1, 0.15) is 23.0 Å². The van der Waals surface area contributed by atoms with Crippen LogP contribution in [0.2, 0.25) is 0 Å². The molecule has 1 aliphatic carbocycles. The van der Waals surface area contributed by atoms with Crippen LogP contribution in [0.25, 0.3) is 0 Å². The molecule has 38 heavy (non-hydrogen) atoms. The van der Waals surface area contributed by atoms with Gasteiger partial charge in [-0.2, -0.15) is 18.4 Å². The maximum Gasteiger partial charge on any atom is 0.421 e. The molecule has 1 amide bonds. The summed E-state index contributed by atoms with van der Waals surface area (Å²) in [5.41, 5.74) is -3.87. The molecule has 1 saturated heterocycles. The Morgan fingerprint density at radius 1 is 1.13 bits per heavy atom. The molecule has 3 aromatic rings. The minimum Gasteiger partial charge on any atom is -0.490 e. The number of pyridine rings is 1. The monoisotopic (exact) mass is 542 g/mol. The summed E-state index contributed by atoms with van der Waals surface area (Å²) in [6, 6.07) is 8.11. The molecule has 194 valence electrons. The topological polar surface area (TPSA) is 95.2 Å². The third-order valence-corrected chi connectivity index (χ3v) is 6.89. The smallest absolute Gasteiger partial charge is 0.421 e. The third-order valence-electron chi connectivity index (χ3n) is 6.53. The van der Waals surface area contributed by atoms with Gasteiger partial charge in [0.15, 0.2) is 22.4 Å². The van der Waals surface area contributed by atoms with Crippen LogP contribution in [0.15, 0.2) is 48.9 Å². The van der Waals surface area contributed by atoms with Crippen molar-refractivity contribution < 1.29 is 27.1 Å². The van der Waals surface area contributed by atoms with Crippen molar-refractivity contribution in [1.29, 1.82) is 5.26 Å². The van der Waals surface area contributed by atoms with Crippen molar-refractivity contribution in [3.8, 4) is 11.8 Å². The van der Waals surface area contributed by atoms with E-state index in [2.05, 4.69) is 15.0 Å². The highest BCUT2D eigenvalue weighted by molar-refractivity contribution is 7.81. The van der Waals surface area contributed by atoms with Crippen LogP contribution < -0.4 is 14.5 Å². The van der Waals surface area contributed by atoms with Crippen LogP contribution in [0.4, 0.5) is 28.9 Å². The van der Waals surface area contributed by atoms with E-state index in [1.54, 1.807) is 18.5 Å². The van der Waals surface area contributed by atoms with E-state index in [-0.39, 0.29) is 23.2 Å². The van der Waals surface area contributed by atoms with E-state index in [4.69, 9.17) is 17.0 Å². The van der Waals surface area contributed by atoms with Crippen molar-refractivity contribution in [3.63, 3.8) is 0 Å². The fourth-order valence-corrected chi connectivity index (χ4v) is 5.11. The second-order valence-corrected chi connectivity index (χ2v) is 9.05. The van der Waals surface area contributed by atoms with Crippen molar-refractivity contribution in [2.45, 2.75) is 37.4 Å². The number of alkyl halides is 3. The van der Waals surface area contributed by atoms with Crippen molar-refractivity contribution in [2.75, 3.05) is 16.4 Å². The minimum absolute atomic E-state index is 0.0483. The van der Waals surface area contributed by atoms with Gasteiger partial charge in [0.25, 0.3) is 5.91 Å². The highest BCUT2D eigenvalue weighted by atomic mass is 32.1. The lowest BCUT2D eigenvalue weighted by Crippen LogP contribution is -2.55. The minimum atomic E-state index is -4.97. The number of hydrogen-bond donors (Lipinski definition) is 0. The molecule has 0 radical (unpaired) electrons. The van der Waals surface area contributed by atoms with E-state index in [1.165, 1.54) is 23.1 Å². The maximum absolute atomic E-state index is 15.0. The average molecular weight is 543 g/mol. The third kappa shape index (κ3) is 4.20. The zero-order valence-electron chi connectivity index (χ0n) is 19.6. The van der Waals surface area contributed by atoms with Crippen LogP contribution in [0.3, 0.4) is 0 Å². The molecule has 0 unspecified atom stereocenters. The molecule has 0 bridgehead atoms. The van der Waals surface area contributed by atoms with Gasteiger partial charge >= 0.3 is 6.18 Å². The molecule has 2 fully saturated rings. The van der Waals surface area contributed by atoms with E-state index in [1.807, 2.05) is 0 Å². The second-order valence-electron chi connectivity index (χ2n) is 8.69. The van der Waals surface area contributed by atoms with Crippen LogP contribution in [0.5, 0.6) is 5.75 Å². The molecule has 8 nitrogen and oxygen atoms in total. The van der Waals surface area contributed by atoms with Crippen molar-refractivity contribution in [3.05, 3.63) is 71.8 Å². The summed E-state index contributed by atoms with van der Waals surface area (Å²) in [5.74, 6) is -0.914. The molecule has 2 aliphatic rings. The molecule has 5 rings (SSSR count). The van der Waals surface area contributed by atoms with Gasteiger partial charge in [-0.3, -0.25) is 9.69 Å². The van der Waals surface area contributed by atoms with Crippen molar-refractivity contribution >= 4 is 34.6 Å². The number of nitrogens with zero attached hydrogens (tertiary/aromatic N) is 6. The first kappa shape index (κ1) is 25.5. The first-order chi connectivity index (χ1) is 18.2. The van der Waals surface area contributed by atoms with Gasteiger partial charge in [0.2, 0.25) is 0 Å². The molecule has 1 spiro atoms. The SMILES string of the molecule is N#Cc1nccc(N2C(=O)C3(CCC3)N(c3ccc(OCCc4ncccn4)c(F)c3)C2=S)c1C(F)(F)F. The van der Waals surface area contributed by atoms with Crippen LogP contribution in [0.1, 0.15) is 36.3 Å². The van der Waals surface area contributed by atoms with Gasteiger partial charge in [-0.05, 0) is 55.7 Å². The summed E-state index contributed by atoms with van der Waals surface area (Å²) in [7, 11) is 0. The molecule has 1 aliphatic heterocycles. The Balaban J connectivity index is 1.46. The van der Waals surface area contributed by atoms with Crippen molar-refractivity contribution in [2.24, 2.45) is 0 Å². The van der Waals surface area contributed by atoms with Gasteiger partial charge in [0.05, 0.1) is 12.3 Å². The maximum atomic E-state index is 15.0. The number of halogens is 4. The lowest BCUT2D eigenvalue weighted by molar-refractivity contribution is -0.137. The van der Waals surface area contributed by atoms with Gasteiger partial charge in [0, 0.05) is 36.8 Å².